The highest BCUT2D eigenvalue weighted by Crippen LogP contribution is 2.25. The van der Waals surface area contributed by atoms with Crippen LogP contribution in [0.4, 0.5) is 0 Å². The molecule has 0 aliphatic carbocycles. The zero-order valence-electron chi connectivity index (χ0n) is 6.23. The van der Waals surface area contributed by atoms with Gasteiger partial charge in [0.1, 0.15) is 0 Å². The number of halogens is 3. The van der Waals surface area contributed by atoms with E-state index in [0.717, 1.165) is 5.56 Å². The molecule has 12 heavy (non-hydrogen) atoms. The van der Waals surface area contributed by atoms with Gasteiger partial charge >= 0.3 is 0 Å². The Morgan fingerprint density at radius 3 is 2.50 bits per heavy atom. The molecule has 0 spiro atoms. The van der Waals surface area contributed by atoms with Crippen LogP contribution in [0.5, 0.6) is 0 Å². The normalized spacial score (nSPS) is 13.0. The van der Waals surface area contributed by atoms with Crippen LogP contribution in [-0.2, 0) is 0 Å². The first-order valence-electron chi connectivity index (χ1n) is 3.41. The average Bonchev–Trinajstić information content (AvgIpc) is 2.03. The largest absolute Gasteiger partial charge is 0.323 e. The molecule has 0 aromatic heterocycles. The summed E-state index contributed by atoms with van der Waals surface area (Å²) in [4.78, 5) is 0. The Balaban J connectivity index is 3.01. The van der Waals surface area contributed by atoms with Gasteiger partial charge in [-0.1, -0.05) is 29.3 Å². The molecule has 1 rings (SSSR count). The maximum atomic E-state index is 5.88. The van der Waals surface area contributed by atoms with Crippen molar-refractivity contribution in [3.05, 3.63) is 33.8 Å². The summed E-state index contributed by atoms with van der Waals surface area (Å²) < 4.78 is 0. The topological polar surface area (TPSA) is 26.0 Å². The first-order valence-corrected chi connectivity index (χ1v) is 4.70. The Bertz CT molecular complexity index is 275. The Labute approximate surface area is 86.4 Å². The van der Waals surface area contributed by atoms with E-state index >= 15 is 0 Å². The summed E-state index contributed by atoms with van der Waals surface area (Å²) in [6.45, 7) is 0. The van der Waals surface area contributed by atoms with E-state index in [9.17, 15) is 0 Å². The van der Waals surface area contributed by atoms with E-state index in [1.165, 1.54) is 0 Å². The molecule has 1 aromatic carbocycles. The van der Waals surface area contributed by atoms with Crippen molar-refractivity contribution in [2.75, 3.05) is 5.88 Å². The summed E-state index contributed by atoms with van der Waals surface area (Å²) in [7, 11) is 0. The highest BCUT2D eigenvalue weighted by molar-refractivity contribution is 6.35. The smallest absolute Gasteiger partial charge is 0.0468 e. The predicted molar refractivity (Wildman–Crippen MR) is 54.1 cm³/mol. The fraction of sp³-hybridized carbons (Fsp3) is 0.250. The van der Waals surface area contributed by atoms with Gasteiger partial charge in [-0.2, -0.15) is 0 Å². The molecule has 0 fully saturated rings. The maximum Gasteiger partial charge on any atom is 0.0468 e. The van der Waals surface area contributed by atoms with Crippen molar-refractivity contribution in [2.45, 2.75) is 6.04 Å². The molecule has 1 aromatic rings. The number of alkyl halides is 1. The molecule has 4 heteroatoms. The second-order valence-corrected chi connectivity index (χ2v) is 3.58. The van der Waals surface area contributed by atoms with Crippen molar-refractivity contribution >= 4 is 34.8 Å². The molecule has 0 radical (unpaired) electrons. The Morgan fingerprint density at radius 2 is 2.00 bits per heavy atom. The van der Waals surface area contributed by atoms with Crippen LogP contribution in [0.3, 0.4) is 0 Å². The minimum atomic E-state index is -0.226. The van der Waals surface area contributed by atoms with E-state index in [4.69, 9.17) is 40.5 Å². The van der Waals surface area contributed by atoms with Crippen LogP contribution in [0.1, 0.15) is 11.6 Å². The number of benzene rings is 1. The highest BCUT2D eigenvalue weighted by Gasteiger charge is 2.08. The lowest BCUT2D eigenvalue weighted by Gasteiger charge is -2.09. The number of hydrogen-bond acceptors (Lipinski definition) is 1. The van der Waals surface area contributed by atoms with Gasteiger partial charge in [-0.05, 0) is 17.7 Å². The molecule has 1 atom stereocenters. The highest BCUT2D eigenvalue weighted by atomic mass is 35.5. The molecule has 0 unspecified atom stereocenters. The molecule has 0 saturated carbocycles. The third-order valence-corrected chi connectivity index (χ3v) is 2.42. The Kier molecular flexibility index (Phi) is 3.66. The van der Waals surface area contributed by atoms with Crippen molar-refractivity contribution in [3.8, 4) is 0 Å². The van der Waals surface area contributed by atoms with Crippen molar-refractivity contribution in [2.24, 2.45) is 5.73 Å². The SMILES string of the molecule is N[C@H](CCl)c1ccc(Cl)cc1Cl. The van der Waals surface area contributed by atoms with Gasteiger partial charge in [-0.3, -0.25) is 0 Å². The first kappa shape index (κ1) is 10.1. The first-order chi connectivity index (χ1) is 5.65. The Morgan fingerprint density at radius 1 is 1.33 bits per heavy atom. The van der Waals surface area contributed by atoms with Gasteiger partial charge < -0.3 is 5.73 Å². The molecule has 0 amide bonds. The van der Waals surface area contributed by atoms with E-state index in [2.05, 4.69) is 0 Å². The lowest BCUT2D eigenvalue weighted by molar-refractivity contribution is 0.827. The fourth-order valence-electron chi connectivity index (χ4n) is 0.885. The van der Waals surface area contributed by atoms with Gasteiger partial charge in [0.2, 0.25) is 0 Å². The molecule has 1 nitrogen and oxygen atoms in total. The van der Waals surface area contributed by atoms with Crippen molar-refractivity contribution in [3.63, 3.8) is 0 Å². The van der Waals surface area contributed by atoms with Crippen LogP contribution in [0.2, 0.25) is 10.0 Å². The standard InChI is InChI=1S/C8H8Cl3N/c9-4-8(12)6-2-1-5(10)3-7(6)11/h1-3,8H,4,12H2/t8-/m1/s1. The summed E-state index contributed by atoms with van der Waals surface area (Å²) >= 11 is 17.2. The number of nitrogens with two attached hydrogens (primary N) is 1. The molecular weight excluding hydrogens is 216 g/mol. The molecule has 0 heterocycles. The van der Waals surface area contributed by atoms with E-state index in [0.29, 0.717) is 15.9 Å². The van der Waals surface area contributed by atoms with Crippen LogP contribution >= 0.6 is 34.8 Å². The van der Waals surface area contributed by atoms with E-state index < -0.39 is 0 Å². The van der Waals surface area contributed by atoms with Crippen LogP contribution in [0, 0.1) is 0 Å². The molecule has 0 aliphatic heterocycles. The zero-order valence-corrected chi connectivity index (χ0v) is 8.50. The summed E-state index contributed by atoms with van der Waals surface area (Å²) in [6.07, 6.45) is 0. The predicted octanol–water partition coefficient (Wildman–Crippen LogP) is 3.23. The van der Waals surface area contributed by atoms with Gasteiger partial charge in [-0.25, -0.2) is 0 Å². The van der Waals surface area contributed by atoms with Crippen molar-refractivity contribution < 1.29 is 0 Å². The third-order valence-electron chi connectivity index (χ3n) is 1.53. The third kappa shape index (κ3) is 2.27. The van der Waals surface area contributed by atoms with E-state index in [1.54, 1.807) is 18.2 Å². The Hall–Kier alpha value is 0.0500. The zero-order chi connectivity index (χ0) is 9.14. The summed E-state index contributed by atoms with van der Waals surface area (Å²) in [5.74, 6) is 0.349. The van der Waals surface area contributed by atoms with Gasteiger partial charge in [0, 0.05) is 22.0 Å². The maximum absolute atomic E-state index is 5.88. The second-order valence-electron chi connectivity index (χ2n) is 2.43. The summed E-state index contributed by atoms with van der Waals surface area (Å²) in [6, 6.07) is 4.97. The lowest BCUT2D eigenvalue weighted by Crippen LogP contribution is -2.11. The molecule has 2 N–H and O–H groups in total. The average molecular weight is 225 g/mol. The van der Waals surface area contributed by atoms with Crippen molar-refractivity contribution in [1.82, 2.24) is 0 Å². The minimum Gasteiger partial charge on any atom is -0.323 e. The molecule has 66 valence electrons. The molecule has 0 aliphatic rings. The van der Waals surface area contributed by atoms with Gasteiger partial charge in [0.05, 0.1) is 0 Å². The quantitative estimate of drug-likeness (QED) is 0.767. The van der Waals surface area contributed by atoms with Crippen LogP contribution < -0.4 is 5.73 Å². The van der Waals surface area contributed by atoms with Gasteiger partial charge in [-0.15, -0.1) is 11.6 Å². The number of hydrogen-bond donors (Lipinski definition) is 1. The second kappa shape index (κ2) is 4.33. The molecule has 0 bridgehead atoms. The minimum absolute atomic E-state index is 0.226. The number of rotatable bonds is 2. The van der Waals surface area contributed by atoms with Gasteiger partial charge in [0.25, 0.3) is 0 Å². The van der Waals surface area contributed by atoms with Crippen LogP contribution in [0.25, 0.3) is 0 Å². The van der Waals surface area contributed by atoms with Crippen LogP contribution in [0.15, 0.2) is 18.2 Å². The molecular formula is C8H8Cl3N. The van der Waals surface area contributed by atoms with Crippen molar-refractivity contribution in [1.29, 1.82) is 0 Å². The van der Waals surface area contributed by atoms with E-state index in [1.807, 2.05) is 0 Å². The fourth-order valence-corrected chi connectivity index (χ4v) is 1.60. The van der Waals surface area contributed by atoms with E-state index in [-0.39, 0.29) is 6.04 Å². The monoisotopic (exact) mass is 223 g/mol. The molecule has 0 saturated heterocycles. The summed E-state index contributed by atoms with van der Waals surface area (Å²) in [5, 5.41) is 1.17. The lowest BCUT2D eigenvalue weighted by atomic mass is 10.1. The van der Waals surface area contributed by atoms with Gasteiger partial charge in [0.15, 0.2) is 0 Å². The summed E-state index contributed by atoms with van der Waals surface area (Å²) in [5.41, 5.74) is 6.52. The van der Waals surface area contributed by atoms with Crippen LogP contribution in [-0.4, -0.2) is 5.88 Å².